The van der Waals surface area contributed by atoms with Gasteiger partial charge in [-0.1, -0.05) is 11.6 Å². The van der Waals surface area contributed by atoms with Crippen molar-refractivity contribution in [1.82, 2.24) is 15.5 Å². The molecule has 1 saturated carbocycles. The van der Waals surface area contributed by atoms with Crippen LogP contribution in [0.1, 0.15) is 19.8 Å². The minimum Gasteiger partial charge on any atom is -0.492 e. The van der Waals surface area contributed by atoms with E-state index in [0.717, 1.165) is 17.7 Å². The van der Waals surface area contributed by atoms with Crippen LogP contribution in [0.15, 0.2) is 24.3 Å². The van der Waals surface area contributed by atoms with Crippen molar-refractivity contribution >= 4 is 29.4 Å². The molecule has 1 aliphatic heterocycles. The molecule has 1 aromatic carbocycles. The Morgan fingerprint density at radius 3 is 2.68 bits per heavy atom. The SMILES string of the molecule is C[C@]1(C2CC2)NC(=O)N(CC(=O)NCCOc2ccc(Cl)cc2)C1=O. The van der Waals surface area contributed by atoms with E-state index in [1.165, 1.54) is 0 Å². The lowest BCUT2D eigenvalue weighted by molar-refractivity contribution is -0.135. The van der Waals surface area contributed by atoms with E-state index >= 15 is 0 Å². The number of halogens is 1. The van der Waals surface area contributed by atoms with Crippen molar-refractivity contribution in [2.24, 2.45) is 5.92 Å². The number of hydrogen-bond acceptors (Lipinski definition) is 4. The van der Waals surface area contributed by atoms with Crippen molar-refractivity contribution in [3.63, 3.8) is 0 Å². The summed E-state index contributed by atoms with van der Waals surface area (Å²) in [5.74, 6) is 0.0913. The monoisotopic (exact) mass is 365 g/mol. The molecule has 8 heteroatoms. The summed E-state index contributed by atoms with van der Waals surface area (Å²) in [6.45, 7) is 1.98. The lowest BCUT2D eigenvalue weighted by atomic mass is 9.96. The molecule has 2 fully saturated rings. The fourth-order valence-corrected chi connectivity index (χ4v) is 3.01. The van der Waals surface area contributed by atoms with Gasteiger partial charge in [0, 0.05) is 5.02 Å². The van der Waals surface area contributed by atoms with Crippen molar-refractivity contribution in [1.29, 1.82) is 0 Å². The number of urea groups is 1. The van der Waals surface area contributed by atoms with E-state index < -0.39 is 17.5 Å². The quantitative estimate of drug-likeness (QED) is 0.567. The highest BCUT2D eigenvalue weighted by Crippen LogP contribution is 2.42. The maximum absolute atomic E-state index is 12.4. The molecule has 4 amide bonds. The maximum Gasteiger partial charge on any atom is 0.325 e. The van der Waals surface area contributed by atoms with Gasteiger partial charge in [-0.25, -0.2) is 4.79 Å². The van der Waals surface area contributed by atoms with Crippen molar-refractivity contribution in [3.8, 4) is 5.75 Å². The topological polar surface area (TPSA) is 87.7 Å². The van der Waals surface area contributed by atoms with E-state index in [0.29, 0.717) is 10.8 Å². The van der Waals surface area contributed by atoms with Crippen molar-refractivity contribution in [2.45, 2.75) is 25.3 Å². The first-order chi connectivity index (χ1) is 11.9. The van der Waals surface area contributed by atoms with Crippen LogP contribution in [0.4, 0.5) is 4.79 Å². The summed E-state index contributed by atoms with van der Waals surface area (Å²) in [5, 5.41) is 5.97. The number of nitrogens with one attached hydrogen (secondary N) is 2. The molecule has 0 unspecified atom stereocenters. The van der Waals surface area contributed by atoms with Crippen LogP contribution in [0, 0.1) is 5.92 Å². The van der Waals surface area contributed by atoms with Gasteiger partial charge in [-0.3, -0.25) is 14.5 Å². The van der Waals surface area contributed by atoms with E-state index in [1.54, 1.807) is 31.2 Å². The number of nitrogens with zero attached hydrogens (tertiary/aromatic N) is 1. The summed E-state index contributed by atoms with van der Waals surface area (Å²) >= 11 is 5.79. The molecule has 25 heavy (non-hydrogen) atoms. The molecule has 7 nitrogen and oxygen atoms in total. The second-order valence-electron chi connectivity index (χ2n) is 6.45. The van der Waals surface area contributed by atoms with Crippen LogP contribution in [0.3, 0.4) is 0 Å². The maximum atomic E-state index is 12.4. The number of carbonyl (C=O) groups is 3. The largest absolute Gasteiger partial charge is 0.492 e. The molecule has 1 aromatic rings. The molecule has 0 radical (unpaired) electrons. The van der Waals surface area contributed by atoms with E-state index in [4.69, 9.17) is 16.3 Å². The van der Waals surface area contributed by atoms with Crippen LogP contribution in [0.5, 0.6) is 5.75 Å². The van der Waals surface area contributed by atoms with Crippen LogP contribution >= 0.6 is 11.6 Å². The molecule has 1 aliphatic carbocycles. The number of hydrogen-bond donors (Lipinski definition) is 2. The van der Waals surface area contributed by atoms with Gasteiger partial charge in [-0.05, 0) is 49.9 Å². The summed E-state index contributed by atoms with van der Waals surface area (Å²) in [7, 11) is 0. The van der Waals surface area contributed by atoms with Crippen molar-refractivity contribution in [2.75, 3.05) is 19.7 Å². The second kappa shape index (κ2) is 6.92. The Bertz CT molecular complexity index is 690. The van der Waals surface area contributed by atoms with Crippen LogP contribution in [0.2, 0.25) is 5.02 Å². The number of ether oxygens (including phenoxy) is 1. The summed E-state index contributed by atoms with van der Waals surface area (Å²) in [4.78, 5) is 37.4. The Morgan fingerprint density at radius 1 is 1.36 bits per heavy atom. The Labute approximate surface area is 150 Å². The van der Waals surface area contributed by atoms with E-state index in [-0.39, 0.29) is 31.5 Å². The zero-order valence-electron chi connectivity index (χ0n) is 13.9. The molecule has 0 bridgehead atoms. The zero-order chi connectivity index (χ0) is 18.0. The molecular formula is C17H20ClN3O4. The third-order valence-corrected chi connectivity index (χ3v) is 4.76. The molecule has 1 heterocycles. The standard InChI is InChI=1S/C17H20ClN3O4/c1-17(11-2-3-11)15(23)21(16(24)20-17)10-14(22)19-8-9-25-13-6-4-12(18)5-7-13/h4-7,11H,2-3,8-10H2,1H3,(H,19,22)(H,20,24)/t17-/m1/s1. The minimum atomic E-state index is -0.866. The third-order valence-electron chi connectivity index (χ3n) is 4.50. The van der Waals surface area contributed by atoms with Crippen LogP contribution in [-0.2, 0) is 9.59 Å². The van der Waals surface area contributed by atoms with Gasteiger partial charge in [0.1, 0.15) is 24.4 Å². The summed E-state index contributed by atoms with van der Waals surface area (Å²) in [6, 6.07) is 6.38. The van der Waals surface area contributed by atoms with Gasteiger partial charge in [0.25, 0.3) is 5.91 Å². The van der Waals surface area contributed by atoms with E-state index in [2.05, 4.69) is 10.6 Å². The number of carbonyl (C=O) groups excluding carboxylic acids is 3. The van der Waals surface area contributed by atoms with Gasteiger partial charge >= 0.3 is 6.03 Å². The zero-order valence-corrected chi connectivity index (χ0v) is 14.6. The first kappa shape index (κ1) is 17.5. The highest BCUT2D eigenvalue weighted by atomic mass is 35.5. The first-order valence-electron chi connectivity index (χ1n) is 8.19. The summed E-state index contributed by atoms with van der Waals surface area (Å²) in [6.07, 6.45) is 1.84. The Kier molecular flexibility index (Phi) is 4.85. The molecule has 2 N–H and O–H groups in total. The lowest BCUT2D eigenvalue weighted by Crippen LogP contribution is -2.47. The number of rotatable bonds is 7. The summed E-state index contributed by atoms with van der Waals surface area (Å²) in [5.41, 5.74) is -0.866. The highest BCUT2D eigenvalue weighted by molar-refractivity contribution is 6.30. The fourth-order valence-electron chi connectivity index (χ4n) is 2.89. The molecule has 0 spiro atoms. The molecule has 134 valence electrons. The molecule has 0 aromatic heterocycles. The van der Waals surface area contributed by atoms with E-state index in [1.807, 2.05) is 0 Å². The van der Waals surface area contributed by atoms with Crippen LogP contribution in [-0.4, -0.2) is 48.0 Å². The van der Waals surface area contributed by atoms with Gasteiger partial charge in [0.05, 0.1) is 6.54 Å². The highest BCUT2D eigenvalue weighted by Gasteiger charge is 2.56. The smallest absolute Gasteiger partial charge is 0.325 e. The molecule has 2 aliphatic rings. The van der Waals surface area contributed by atoms with Gasteiger partial charge in [0.2, 0.25) is 5.91 Å². The van der Waals surface area contributed by atoms with Crippen molar-refractivity contribution < 1.29 is 19.1 Å². The predicted molar refractivity (Wildman–Crippen MR) is 91.3 cm³/mol. The Morgan fingerprint density at radius 2 is 2.04 bits per heavy atom. The van der Waals surface area contributed by atoms with Gasteiger partial charge in [0.15, 0.2) is 0 Å². The fraction of sp³-hybridized carbons (Fsp3) is 0.471. The molecule has 1 saturated heterocycles. The Balaban J connectivity index is 1.42. The second-order valence-corrected chi connectivity index (χ2v) is 6.89. The molecule has 1 atom stereocenters. The molecule has 3 rings (SSSR count). The van der Waals surface area contributed by atoms with Gasteiger partial charge < -0.3 is 15.4 Å². The third kappa shape index (κ3) is 3.87. The number of imide groups is 1. The average Bonchev–Trinajstić information content (AvgIpc) is 3.40. The van der Waals surface area contributed by atoms with E-state index in [9.17, 15) is 14.4 Å². The van der Waals surface area contributed by atoms with Crippen LogP contribution in [0.25, 0.3) is 0 Å². The Hall–Kier alpha value is -2.28. The number of amides is 4. The van der Waals surface area contributed by atoms with Gasteiger partial charge in [-0.2, -0.15) is 0 Å². The van der Waals surface area contributed by atoms with Crippen LogP contribution < -0.4 is 15.4 Å². The normalized spacial score (nSPS) is 22.7. The average molecular weight is 366 g/mol. The van der Waals surface area contributed by atoms with Crippen molar-refractivity contribution in [3.05, 3.63) is 29.3 Å². The lowest BCUT2D eigenvalue weighted by Gasteiger charge is -2.20. The number of benzene rings is 1. The molecular weight excluding hydrogens is 346 g/mol. The first-order valence-corrected chi connectivity index (χ1v) is 8.57. The minimum absolute atomic E-state index is 0.171. The summed E-state index contributed by atoms with van der Waals surface area (Å²) < 4.78 is 5.46. The van der Waals surface area contributed by atoms with Gasteiger partial charge in [-0.15, -0.1) is 0 Å². The predicted octanol–water partition coefficient (Wildman–Crippen LogP) is 1.56.